The first-order chi connectivity index (χ1) is 8.26. The van der Waals surface area contributed by atoms with E-state index in [-0.39, 0.29) is 0 Å². The van der Waals surface area contributed by atoms with Crippen LogP contribution in [0.5, 0.6) is 0 Å². The zero-order chi connectivity index (χ0) is 12.3. The van der Waals surface area contributed by atoms with Gasteiger partial charge < -0.3 is 10.6 Å². The molecule has 2 N–H and O–H groups in total. The Morgan fingerprint density at radius 3 is 2.88 bits per heavy atom. The third-order valence-electron chi connectivity index (χ3n) is 3.87. The van der Waals surface area contributed by atoms with E-state index in [1.807, 2.05) is 0 Å². The molecule has 1 aliphatic heterocycles. The highest BCUT2D eigenvalue weighted by Gasteiger charge is 2.22. The van der Waals surface area contributed by atoms with E-state index in [4.69, 9.17) is 5.73 Å². The Morgan fingerprint density at radius 1 is 1.35 bits per heavy atom. The van der Waals surface area contributed by atoms with Crippen molar-refractivity contribution in [2.75, 3.05) is 11.4 Å². The normalized spacial score (nSPS) is 20.6. The van der Waals surface area contributed by atoms with Gasteiger partial charge in [0.25, 0.3) is 0 Å². The van der Waals surface area contributed by atoms with Gasteiger partial charge in [-0.1, -0.05) is 19.1 Å². The fraction of sp³-hybridized carbons (Fsp3) is 0.600. The fourth-order valence-corrected chi connectivity index (χ4v) is 2.86. The number of anilines is 1. The Labute approximate surface area is 105 Å². The van der Waals surface area contributed by atoms with E-state index in [0.29, 0.717) is 12.6 Å². The Kier molecular flexibility index (Phi) is 4.06. The Hall–Kier alpha value is -1.02. The molecule has 1 aromatic rings. The summed E-state index contributed by atoms with van der Waals surface area (Å²) in [5.74, 6) is 0. The number of piperidine rings is 1. The van der Waals surface area contributed by atoms with Crippen LogP contribution < -0.4 is 10.6 Å². The minimum atomic E-state index is 0.641. The van der Waals surface area contributed by atoms with Gasteiger partial charge >= 0.3 is 0 Å². The monoisotopic (exact) mass is 232 g/mol. The summed E-state index contributed by atoms with van der Waals surface area (Å²) in [6.45, 7) is 6.28. The molecule has 0 aromatic heterocycles. The summed E-state index contributed by atoms with van der Waals surface area (Å²) in [7, 11) is 0. The molecule has 0 bridgehead atoms. The number of nitrogens with two attached hydrogens (primary N) is 1. The van der Waals surface area contributed by atoms with Gasteiger partial charge in [0.05, 0.1) is 0 Å². The van der Waals surface area contributed by atoms with E-state index in [0.717, 1.165) is 0 Å². The third kappa shape index (κ3) is 2.63. The Balaban J connectivity index is 2.33. The minimum Gasteiger partial charge on any atom is -0.368 e. The minimum absolute atomic E-state index is 0.641. The summed E-state index contributed by atoms with van der Waals surface area (Å²) >= 11 is 0. The standard InChI is InChI=1S/C15H24N2/c1-3-14-6-4-5-9-17(14)15-10-12(2)7-8-13(15)11-16/h7-8,10,14H,3-6,9,11,16H2,1-2H3. The molecule has 0 saturated carbocycles. The zero-order valence-corrected chi connectivity index (χ0v) is 11.1. The van der Waals surface area contributed by atoms with Crippen molar-refractivity contribution in [3.63, 3.8) is 0 Å². The quantitative estimate of drug-likeness (QED) is 0.867. The highest BCUT2D eigenvalue weighted by Crippen LogP contribution is 2.30. The van der Waals surface area contributed by atoms with E-state index in [1.165, 1.54) is 49.0 Å². The molecule has 0 aliphatic carbocycles. The topological polar surface area (TPSA) is 29.3 Å². The molecule has 94 valence electrons. The van der Waals surface area contributed by atoms with Crippen LogP contribution in [0.15, 0.2) is 18.2 Å². The highest BCUT2D eigenvalue weighted by atomic mass is 15.2. The van der Waals surface area contributed by atoms with Crippen LogP contribution in [-0.2, 0) is 6.54 Å². The lowest BCUT2D eigenvalue weighted by Crippen LogP contribution is -2.39. The van der Waals surface area contributed by atoms with Crippen molar-refractivity contribution in [3.05, 3.63) is 29.3 Å². The van der Waals surface area contributed by atoms with Crippen LogP contribution in [0.1, 0.15) is 43.7 Å². The SMILES string of the molecule is CCC1CCCCN1c1cc(C)ccc1CN. The number of hydrogen-bond donors (Lipinski definition) is 1. The van der Waals surface area contributed by atoms with Gasteiger partial charge in [0, 0.05) is 24.8 Å². The van der Waals surface area contributed by atoms with E-state index < -0.39 is 0 Å². The van der Waals surface area contributed by atoms with Crippen molar-refractivity contribution in [1.29, 1.82) is 0 Å². The van der Waals surface area contributed by atoms with Gasteiger partial charge in [-0.25, -0.2) is 0 Å². The van der Waals surface area contributed by atoms with Gasteiger partial charge in [-0.15, -0.1) is 0 Å². The molecule has 0 spiro atoms. The zero-order valence-electron chi connectivity index (χ0n) is 11.1. The number of hydrogen-bond acceptors (Lipinski definition) is 2. The molecule has 1 unspecified atom stereocenters. The second-order valence-corrected chi connectivity index (χ2v) is 5.09. The molecule has 1 atom stereocenters. The molecule has 0 radical (unpaired) electrons. The average molecular weight is 232 g/mol. The van der Waals surface area contributed by atoms with E-state index >= 15 is 0 Å². The smallest absolute Gasteiger partial charge is 0.0416 e. The Morgan fingerprint density at radius 2 is 2.18 bits per heavy atom. The number of rotatable bonds is 3. The third-order valence-corrected chi connectivity index (χ3v) is 3.87. The predicted octanol–water partition coefficient (Wildman–Crippen LogP) is 3.22. The summed E-state index contributed by atoms with van der Waals surface area (Å²) in [5.41, 5.74) is 9.86. The molecule has 1 saturated heterocycles. The molecule has 2 nitrogen and oxygen atoms in total. The summed E-state index contributed by atoms with van der Waals surface area (Å²) in [5, 5.41) is 0. The van der Waals surface area contributed by atoms with Gasteiger partial charge in [0.1, 0.15) is 0 Å². The molecular weight excluding hydrogens is 208 g/mol. The van der Waals surface area contributed by atoms with Crippen molar-refractivity contribution < 1.29 is 0 Å². The molecule has 0 amide bonds. The van der Waals surface area contributed by atoms with Gasteiger partial charge in [-0.05, 0) is 49.8 Å². The summed E-state index contributed by atoms with van der Waals surface area (Å²) in [6, 6.07) is 7.36. The number of benzene rings is 1. The van der Waals surface area contributed by atoms with Gasteiger partial charge in [-0.3, -0.25) is 0 Å². The fourth-order valence-electron chi connectivity index (χ4n) is 2.86. The lowest BCUT2D eigenvalue weighted by atomic mass is 9.97. The second kappa shape index (κ2) is 5.54. The largest absolute Gasteiger partial charge is 0.368 e. The molecule has 1 fully saturated rings. The molecule has 2 heteroatoms. The van der Waals surface area contributed by atoms with Crippen LogP contribution >= 0.6 is 0 Å². The first-order valence-corrected chi connectivity index (χ1v) is 6.82. The molecule has 2 rings (SSSR count). The lowest BCUT2D eigenvalue weighted by molar-refractivity contribution is 0.449. The number of nitrogens with zero attached hydrogens (tertiary/aromatic N) is 1. The second-order valence-electron chi connectivity index (χ2n) is 5.09. The maximum Gasteiger partial charge on any atom is 0.0416 e. The molecular formula is C15H24N2. The van der Waals surface area contributed by atoms with E-state index in [2.05, 4.69) is 36.9 Å². The summed E-state index contributed by atoms with van der Waals surface area (Å²) in [4.78, 5) is 2.58. The molecule has 1 heterocycles. The summed E-state index contributed by atoms with van der Waals surface area (Å²) < 4.78 is 0. The Bertz CT molecular complexity index is 373. The van der Waals surface area contributed by atoms with Crippen molar-refractivity contribution in [2.45, 2.75) is 52.1 Å². The van der Waals surface area contributed by atoms with Gasteiger partial charge in [0.2, 0.25) is 0 Å². The van der Waals surface area contributed by atoms with Crippen molar-refractivity contribution in [1.82, 2.24) is 0 Å². The maximum atomic E-state index is 5.87. The van der Waals surface area contributed by atoms with Crippen LogP contribution in [0.2, 0.25) is 0 Å². The van der Waals surface area contributed by atoms with Crippen LogP contribution in [-0.4, -0.2) is 12.6 Å². The highest BCUT2D eigenvalue weighted by molar-refractivity contribution is 5.56. The van der Waals surface area contributed by atoms with E-state index in [1.54, 1.807) is 0 Å². The van der Waals surface area contributed by atoms with Crippen LogP contribution in [0.4, 0.5) is 5.69 Å². The predicted molar refractivity (Wildman–Crippen MR) is 74.3 cm³/mol. The van der Waals surface area contributed by atoms with Crippen LogP contribution in [0.3, 0.4) is 0 Å². The van der Waals surface area contributed by atoms with Crippen molar-refractivity contribution in [3.8, 4) is 0 Å². The van der Waals surface area contributed by atoms with E-state index in [9.17, 15) is 0 Å². The van der Waals surface area contributed by atoms with Gasteiger partial charge in [0.15, 0.2) is 0 Å². The van der Waals surface area contributed by atoms with Gasteiger partial charge in [-0.2, -0.15) is 0 Å². The van der Waals surface area contributed by atoms with Crippen LogP contribution in [0, 0.1) is 6.92 Å². The molecule has 1 aliphatic rings. The first kappa shape index (κ1) is 12.4. The first-order valence-electron chi connectivity index (χ1n) is 6.82. The average Bonchev–Trinajstić information content (AvgIpc) is 2.38. The molecule has 17 heavy (non-hydrogen) atoms. The molecule has 1 aromatic carbocycles. The number of aryl methyl sites for hydroxylation is 1. The maximum absolute atomic E-state index is 5.87. The van der Waals surface area contributed by atoms with Crippen LogP contribution in [0.25, 0.3) is 0 Å². The van der Waals surface area contributed by atoms with Crippen molar-refractivity contribution >= 4 is 5.69 Å². The van der Waals surface area contributed by atoms with Crippen molar-refractivity contribution in [2.24, 2.45) is 5.73 Å². The summed E-state index contributed by atoms with van der Waals surface area (Å²) in [6.07, 6.45) is 5.25. The lowest BCUT2D eigenvalue weighted by Gasteiger charge is -2.38.